The molecule has 0 spiro atoms. The van der Waals surface area contributed by atoms with Crippen LogP contribution in [0.3, 0.4) is 0 Å². The maximum atomic E-state index is 11.9. The number of rotatable bonds is 2. The van der Waals surface area contributed by atoms with Crippen LogP contribution in [0, 0.1) is 6.92 Å². The van der Waals surface area contributed by atoms with Crippen molar-refractivity contribution in [1.29, 1.82) is 0 Å². The summed E-state index contributed by atoms with van der Waals surface area (Å²) >= 11 is 0. The van der Waals surface area contributed by atoms with E-state index in [0.717, 1.165) is 42.6 Å². The molecular weight excluding hydrogens is 484 g/mol. The molecule has 0 unspecified atom stereocenters. The van der Waals surface area contributed by atoms with Crippen LogP contribution in [0.4, 0.5) is 5.82 Å². The molecule has 6 heterocycles. The second-order valence-corrected chi connectivity index (χ2v) is 10.2. The molecule has 0 aliphatic carbocycles. The Hall–Kier alpha value is -4.18. The largest absolute Gasteiger partial charge is 0.495 e. The van der Waals surface area contributed by atoms with Gasteiger partial charge in [-0.3, -0.25) is 0 Å². The molecule has 3 aliphatic heterocycles. The van der Waals surface area contributed by atoms with Crippen molar-refractivity contribution in [2.24, 2.45) is 0 Å². The van der Waals surface area contributed by atoms with Gasteiger partial charge in [0, 0.05) is 49.5 Å². The van der Waals surface area contributed by atoms with E-state index in [1.807, 2.05) is 53.4 Å². The second-order valence-electron chi connectivity index (χ2n) is 10.2. The van der Waals surface area contributed by atoms with Gasteiger partial charge in [0.1, 0.15) is 11.4 Å². The molecule has 196 valence electrons. The third-order valence-electron chi connectivity index (χ3n) is 7.50. The van der Waals surface area contributed by atoms with Gasteiger partial charge in [-0.1, -0.05) is 12.1 Å². The molecule has 1 aromatic carbocycles. The zero-order valence-corrected chi connectivity index (χ0v) is 21.4. The highest BCUT2D eigenvalue weighted by atomic mass is 16.5. The first kappa shape index (κ1) is 24.2. The number of benzene rings is 1. The monoisotopic (exact) mass is 514 g/mol. The van der Waals surface area contributed by atoms with Crippen molar-refractivity contribution >= 4 is 17.4 Å². The Kier molecular flexibility index (Phi) is 5.91. The van der Waals surface area contributed by atoms with Crippen LogP contribution in [0.25, 0.3) is 22.6 Å². The summed E-state index contributed by atoms with van der Waals surface area (Å²) in [6.45, 7) is 5.05. The first-order valence-electron chi connectivity index (χ1n) is 12.9. The Morgan fingerprint density at radius 2 is 1.97 bits per heavy atom. The summed E-state index contributed by atoms with van der Waals surface area (Å²) in [4.78, 5) is 18.6. The number of aliphatic hydroxyl groups excluding tert-OH is 1. The molecule has 1 atom stereocenters. The number of anilines is 1. The molecule has 2 N–H and O–H groups in total. The number of carboxylic acid groups (broad SMARTS) is 1. The van der Waals surface area contributed by atoms with Crippen LogP contribution in [0.2, 0.25) is 0 Å². The third-order valence-corrected chi connectivity index (χ3v) is 7.50. The summed E-state index contributed by atoms with van der Waals surface area (Å²) in [5.41, 5.74) is 4.44. The number of carbonyl (C=O) groups is 1. The van der Waals surface area contributed by atoms with E-state index in [0.29, 0.717) is 35.9 Å². The Bertz CT molecular complexity index is 1550. The highest BCUT2D eigenvalue weighted by molar-refractivity contribution is 5.78. The van der Waals surface area contributed by atoms with Crippen LogP contribution in [0.1, 0.15) is 49.2 Å². The van der Waals surface area contributed by atoms with Crippen molar-refractivity contribution < 1.29 is 19.7 Å². The van der Waals surface area contributed by atoms with Gasteiger partial charge in [-0.25, -0.2) is 14.5 Å². The van der Waals surface area contributed by atoms with Gasteiger partial charge in [0.2, 0.25) is 0 Å². The molecule has 7 rings (SSSR count). The lowest BCUT2D eigenvalue weighted by Gasteiger charge is -2.40. The molecule has 3 aromatic heterocycles. The van der Waals surface area contributed by atoms with Gasteiger partial charge in [0.15, 0.2) is 11.8 Å². The number of fused-ring (bicyclic) bond motifs is 5. The number of nitrogens with zero attached hydrogens (tertiary/aromatic N) is 6. The van der Waals surface area contributed by atoms with E-state index in [-0.39, 0.29) is 11.2 Å². The maximum Gasteiger partial charge on any atom is 0.337 e. The van der Waals surface area contributed by atoms with Crippen molar-refractivity contribution in [1.82, 2.24) is 24.4 Å². The summed E-state index contributed by atoms with van der Waals surface area (Å²) in [6.07, 6.45) is 7.14. The molecule has 0 amide bonds. The van der Waals surface area contributed by atoms with Crippen molar-refractivity contribution in [2.45, 2.75) is 51.2 Å². The predicted molar refractivity (Wildman–Crippen MR) is 141 cm³/mol. The Labute approximate surface area is 219 Å². The molecule has 0 radical (unpaired) electrons. The molecule has 8 bridgehead atoms. The number of ether oxygens (including phenoxy) is 1. The van der Waals surface area contributed by atoms with E-state index in [1.54, 1.807) is 17.7 Å². The number of hydrogen-bond acceptors (Lipinski definition) is 7. The van der Waals surface area contributed by atoms with Crippen LogP contribution in [0.5, 0.6) is 0 Å². The number of aryl methyl sites for hydroxylation is 2. The van der Waals surface area contributed by atoms with Gasteiger partial charge in [-0.05, 0) is 51.0 Å². The van der Waals surface area contributed by atoms with Crippen molar-refractivity contribution in [3.05, 3.63) is 71.9 Å². The zero-order valence-electron chi connectivity index (χ0n) is 21.4. The maximum absolute atomic E-state index is 11.9. The fourth-order valence-electron chi connectivity index (χ4n) is 5.27. The summed E-state index contributed by atoms with van der Waals surface area (Å²) in [5, 5.41) is 30.0. The van der Waals surface area contributed by atoms with Crippen molar-refractivity contribution in [2.75, 3.05) is 18.0 Å². The molecule has 1 fully saturated rings. The average Bonchev–Trinajstić information content (AvgIpc) is 3.55. The predicted octanol–water partition coefficient (Wildman–Crippen LogP) is 3.84. The normalized spacial score (nSPS) is 18.4. The summed E-state index contributed by atoms with van der Waals surface area (Å²) in [7, 11) is 0. The van der Waals surface area contributed by atoms with Crippen molar-refractivity contribution in [3.63, 3.8) is 0 Å². The summed E-state index contributed by atoms with van der Waals surface area (Å²) in [5.74, 6) is -0.771. The fourth-order valence-corrected chi connectivity index (χ4v) is 5.27. The van der Waals surface area contributed by atoms with Crippen LogP contribution in [-0.2, 0) is 16.0 Å². The molecular formula is C28H30N6O4. The number of hydrogen-bond donors (Lipinski definition) is 2. The Morgan fingerprint density at radius 3 is 2.76 bits per heavy atom. The molecule has 10 nitrogen and oxygen atoms in total. The number of piperidine rings is 1. The second kappa shape index (κ2) is 9.29. The zero-order chi connectivity index (χ0) is 26.4. The topological polar surface area (TPSA) is 118 Å². The molecule has 10 heteroatoms. The number of aromatic nitrogens is 5. The highest BCUT2D eigenvalue weighted by Crippen LogP contribution is 2.36. The first-order chi connectivity index (χ1) is 18.3. The lowest BCUT2D eigenvalue weighted by Crippen LogP contribution is -2.45. The van der Waals surface area contributed by atoms with Gasteiger partial charge in [0.05, 0.1) is 28.9 Å². The van der Waals surface area contributed by atoms with Gasteiger partial charge >= 0.3 is 5.97 Å². The Morgan fingerprint density at radius 1 is 1.16 bits per heavy atom. The smallest absolute Gasteiger partial charge is 0.337 e. The molecule has 1 saturated heterocycles. The fraction of sp³-hybridized carbons (Fsp3) is 0.357. The van der Waals surface area contributed by atoms with Crippen LogP contribution >= 0.6 is 0 Å². The van der Waals surface area contributed by atoms with E-state index in [4.69, 9.17) is 14.9 Å². The number of aliphatic carboxylic acids is 1. The number of allylic oxidation sites excluding steroid dienone is 1. The molecule has 0 saturated carbocycles. The molecule has 38 heavy (non-hydrogen) atoms. The quantitative estimate of drug-likeness (QED) is 0.414. The standard InChI is InChI=1S/C28H30N6O4/c1-18-24(25(35)27(36)37)26-32-13-10-28(2,11-14-32)38-15-4-3-7-20-9-12-33(30-20)21-8-5-6-19(16-21)22-17-23(29-18)34(26)31-22/h4-6,8-9,12,15-17,25,35H,3,7,10-11,13-14H2,1-2H3,(H,36,37)/b15-4+/t25-/m0/s1. The molecule has 4 aromatic rings. The minimum absolute atomic E-state index is 0.257. The third kappa shape index (κ3) is 4.30. The average molecular weight is 515 g/mol. The lowest BCUT2D eigenvalue weighted by atomic mass is 9.93. The van der Waals surface area contributed by atoms with Gasteiger partial charge in [0.25, 0.3) is 0 Å². The van der Waals surface area contributed by atoms with E-state index in [9.17, 15) is 15.0 Å². The van der Waals surface area contributed by atoms with Crippen LogP contribution in [-0.4, -0.2) is 59.3 Å². The first-order valence-corrected chi connectivity index (χ1v) is 12.9. The van der Waals surface area contributed by atoms with Gasteiger partial charge < -0.3 is 19.8 Å². The number of carboxylic acids is 1. The van der Waals surface area contributed by atoms with E-state index >= 15 is 0 Å². The van der Waals surface area contributed by atoms with Gasteiger partial charge in [-0.15, -0.1) is 0 Å². The van der Waals surface area contributed by atoms with Crippen LogP contribution in [0.15, 0.2) is 54.9 Å². The van der Waals surface area contributed by atoms with Crippen molar-refractivity contribution in [3.8, 4) is 16.9 Å². The van der Waals surface area contributed by atoms with Crippen LogP contribution < -0.4 is 4.90 Å². The van der Waals surface area contributed by atoms with E-state index in [2.05, 4.69) is 16.8 Å². The van der Waals surface area contributed by atoms with E-state index in [1.165, 1.54) is 0 Å². The minimum atomic E-state index is -1.72. The number of aliphatic hydroxyl groups is 1. The lowest BCUT2D eigenvalue weighted by molar-refractivity contribution is -0.147. The summed E-state index contributed by atoms with van der Waals surface area (Å²) in [6, 6.07) is 11.9. The summed E-state index contributed by atoms with van der Waals surface area (Å²) < 4.78 is 9.70. The van der Waals surface area contributed by atoms with E-state index < -0.39 is 12.1 Å². The molecule has 3 aliphatic rings. The Balaban J connectivity index is 1.54. The SMILES string of the molecule is Cc1nc2cc3nn2c(c1[C@H](O)C(=O)O)N1CCC(C)(CC1)O/C=C/CCc1ccn(n1)-c1cccc-3c1. The highest BCUT2D eigenvalue weighted by Gasteiger charge is 2.35. The minimum Gasteiger partial charge on any atom is -0.495 e. The van der Waals surface area contributed by atoms with Gasteiger partial charge in [-0.2, -0.15) is 14.7 Å².